The summed E-state index contributed by atoms with van der Waals surface area (Å²) in [6.45, 7) is 5.31. The topological polar surface area (TPSA) is 130 Å². The van der Waals surface area contributed by atoms with Crippen molar-refractivity contribution in [3.8, 4) is 0 Å². The molecule has 0 aliphatic carbocycles. The summed E-state index contributed by atoms with van der Waals surface area (Å²) in [5, 5.41) is 19.1. The van der Waals surface area contributed by atoms with Crippen LogP contribution in [0.4, 0.5) is 16.6 Å². The maximum Gasteiger partial charge on any atom is 0.267 e. The molecule has 0 radical (unpaired) electrons. The highest BCUT2D eigenvalue weighted by molar-refractivity contribution is 7.17. The Bertz CT molecular complexity index is 1410. The van der Waals surface area contributed by atoms with Gasteiger partial charge in [-0.3, -0.25) is 19.4 Å². The zero-order valence-electron chi connectivity index (χ0n) is 20.4. The smallest absolute Gasteiger partial charge is 0.267 e. The monoisotopic (exact) mass is 508 g/mol. The predicted octanol–water partition coefficient (Wildman–Crippen LogP) is 3.47. The molecule has 4 aromatic rings. The van der Waals surface area contributed by atoms with Crippen LogP contribution in [0.3, 0.4) is 0 Å². The number of aromatic nitrogens is 5. The van der Waals surface area contributed by atoms with Gasteiger partial charge in [-0.15, -0.1) is 0 Å². The molecule has 1 aliphatic heterocycles. The molecule has 1 saturated heterocycles. The number of nitrogens with one attached hydrogen (secondary N) is 3. The lowest BCUT2D eigenvalue weighted by atomic mass is 10.1. The minimum atomic E-state index is -0.249. The minimum Gasteiger partial charge on any atom is -0.383 e. The zero-order valence-corrected chi connectivity index (χ0v) is 21.2. The summed E-state index contributed by atoms with van der Waals surface area (Å²) in [6, 6.07) is 3.99. The number of likely N-dealkylation sites (tertiary alicyclic amines) is 1. The largest absolute Gasteiger partial charge is 0.383 e. The average Bonchev–Trinajstić information content (AvgIpc) is 3.64. The molecule has 1 aliphatic rings. The molecular weight excluding hydrogens is 480 g/mol. The first-order valence-corrected chi connectivity index (χ1v) is 12.5. The van der Waals surface area contributed by atoms with Crippen LogP contribution in [0.2, 0.25) is 0 Å². The van der Waals surface area contributed by atoms with Crippen LogP contribution >= 0.6 is 11.3 Å². The Morgan fingerprint density at radius 1 is 1.25 bits per heavy atom. The van der Waals surface area contributed by atoms with Crippen LogP contribution in [0.25, 0.3) is 10.9 Å². The third-order valence-corrected chi connectivity index (χ3v) is 7.24. The number of hydrogen-bond donors (Lipinski definition) is 3. The molecule has 3 N–H and O–H groups in total. The van der Waals surface area contributed by atoms with Gasteiger partial charge in [-0.05, 0) is 38.3 Å². The molecule has 5 rings (SSSR count). The Labute approximate surface area is 211 Å². The number of methoxy groups -OCH3 is 1. The number of H-pyrrole nitrogens is 1. The molecule has 11 nitrogen and oxygen atoms in total. The van der Waals surface area contributed by atoms with Gasteiger partial charge in [0.1, 0.15) is 11.4 Å². The number of thiazole rings is 1. The number of anilines is 3. The van der Waals surface area contributed by atoms with Gasteiger partial charge in [0.15, 0.2) is 10.9 Å². The predicted molar refractivity (Wildman–Crippen MR) is 138 cm³/mol. The quantitative estimate of drug-likeness (QED) is 0.332. The molecule has 0 saturated carbocycles. The number of carbonyl (C=O) groups is 2. The Kier molecular flexibility index (Phi) is 6.70. The number of nitrogens with zero attached hydrogens (tertiary/aromatic N) is 5. The number of hydrogen-bond acceptors (Lipinski definition) is 8. The normalized spacial score (nSPS) is 15.5. The van der Waals surface area contributed by atoms with Crippen molar-refractivity contribution in [2.24, 2.45) is 0 Å². The molecule has 0 spiro atoms. The Morgan fingerprint density at radius 3 is 2.94 bits per heavy atom. The van der Waals surface area contributed by atoms with E-state index in [4.69, 9.17) is 4.74 Å². The van der Waals surface area contributed by atoms with Crippen LogP contribution in [0.5, 0.6) is 0 Å². The fourth-order valence-corrected chi connectivity index (χ4v) is 5.20. The van der Waals surface area contributed by atoms with Crippen molar-refractivity contribution in [3.63, 3.8) is 0 Å². The van der Waals surface area contributed by atoms with Gasteiger partial charge >= 0.3 is 0 Å². The van der Waals surface area contributed by atoms with Crippen molar-refractivity contribution in [2.45, 2.75) is 39.3 Å². The zero-order chi connectivity index (χ0) is 25.2. The molecule has 12 heteroatoms. The van der Waals surface area contributed by atoms with Crippen molar-refractivity contribution in [3.05, 3.63) is 46.7 Å². The number of carbonyl (C=O) groups excluding carboxylic acids is 2. The van der Waals surface area contributed by atoms with Gasteiger partial charge in [-0.1, -0.05) is 17.4 Å². The lowest BCUT2D eigenvalue weighted by Crippen LogP contribution is -2.40. The van der Waals surface area contributed by atoms with Crippen molar-refractivity contribution < 1.29 is 14.3 Å². The minimum absolute atomic E-state index is 0.0275. The van der Waals surface area contributed by atoms with Gasteiger partial charge in [0.25, 0.3) is 5.91 Å². The second-order valence-electron chi connectivity index (χ2n) is 8.89. The van der Waals surface area contributed by atoms with E-state index < -0.39 is 0 Å². The Morgan fingerprint density at radius 2 is 2.11 bits per heavy atom. The first-order valence-electron chi connectivity index (χ1n) is 11.7. The van der Waals surface area contributed by atoms with Crippen LogP contribution < -0.4 is 10.6 Å². The van der Waals surface area contributed by atoms with Gasteiger partial charge in [0.2, 0.25) is 5.91 Å². The van der Waals surface area contributed by atoms with E-state index in [0.717, 1.165) is 47.1 Å². The lowest BCUT2D eigenvalue weighted by Gasteiger charge is -2.24. The summed E-state index contributed by atoms with van der Waals surface area (Å²) >= 11 is 1.23. The highest BCUT2D eigenvalue weighted by Gasteiger charge is 2.28. The first kappa shape index (κ1) is 23.9. The van der Waals surface area contributed by atoms with E-state index >= 15 is 0 Å². The van der Waals surface area contributed by atoms with Crippen LogP contribution in [-0.2, 0) is 16.1 Å². The maximum absolute atomic E-state index is 12.9. The molecule has 1 atom stereocenters. The molecule has 0 bridgehead atoms. The van der Waals surface area contributed by atoms with Gasteiger partial charge in [0, 0.05) is 30.8 Å². The van der Waals surface area contributed by atoms with Gasteiger partial charge < -0.3 is 20.3 Å². The van der Waals surface area contributed by atoms with Crippen LogP contribution in [0, 0.1) is 13.8 Å². The Hall–Kier alpha value is -3.77. The SMILES string of the molecule is COC[C@H]1CCCN1C(=O)Cn1cc(C)c(Nc2ncc(C(=O)Nc3c(C)ccc4[nH]ncc34)s2)n1. The van der Waals surface area contributed by atoms with E-state index in [1.165, 1.54) is 17.5 Å². The van der Waals surface area contributed by atoms with Crippen LogP contribution in [-0.4, -0.2) is 68.0 Å². The first-order chi connectivity index (χ1) is 17.4. The van der Waals surface area contributed by atoms with E-state index in [9.17, 15) is 9.59 Å². The summed E-state index contributed by atoms with van der Waals surface area (Å²) in [5.74, 6) is 0.374. The molecule has 36 heavy (non-hydrogen) atoms. The summed E-state index contributed by atoms with van der Waals surface area (Å²) in [4.78, 5) is 32.4. The Balaban J connectivity index is 1.24. The molecule has 1 aromatic carbocycles. The second kappa shape index (κ2) is 10.1. The van der Waals surface area contributed by atoms with Gasteiger partial charge in [-0.25, -0.2) is 4.98 Å². The third kappa shape index (κ3) is 4.82. The molecular formula is C24H28N8O3S. The molecule has 3 aromatic heterocycles. The molecule has 188 valence electrons. The number of aryl methyl sites for hydroxylation is 2. The summed E-state index contributed by atoms with van der Waals surface area (Å²) in [5.41, 5.74) is 3.39. The van der Waals surface area contributed by atoms with Crippen molar-refractivity contribution in [2.75, 3.05) is 30.9 Å². The second-order valence-corrected chi connectivity index (χ2v) is 9.92. The van der Waals surface area contributed by atoms with Crippen molar-refractivity contribution in [1.82, 2.24) is 29.9 Å². The number of rotatable bonds is 8. The molecule has 0 unspecified atom stereocenters. The van der Waals surface area contributed by atoms with E-state index in [0.29, 0.717) is 22.4 Å². The number of ether oxygens (including phenoxy) is 1. The molecule has 4 heterocycles. The highest BCUT2D eigenvalue weighted by Crippen LogP contribution is 2.28. The number of aromatic amines is 1. The van der Waals surface area contributed by atoms with Crippen LogP contribution in [0.1, 0.15) is 33.6 Å². The summed E-state index contributed by atoms with van der Waals surface area (Å²) in [6.07, 6.45) is 7.01. The fourth-order valence-electron chi connectivity index (χ4n) is 4.49. The average molecular weight is 509 g/mol. The third-order valence-electron chi connectivity index (χ3n) is 6.32. The van der Waals surface area contributed by atoms with Crippen LogP contribution in [0.15, 0.2) is 30.7 Å². The number of benzene rings is 1. The van der Waals surface area contributed by atoms with Crippen molar-refractivity contribution in [1.29, 1.82) is 0 Å². The fraction of sp³-hybridized carbons (Fsp3) is 0.375. The van der Waals surface area contributed by atoms with Crippen molar-refractivity contribution >= 4 is 50.7 Å². The molecule has 2 amide bonds. The van der Waals surface area contributed by atoms with E-state index in [1.54, 1.807) is 18.0 Å². The summed E-state index contributed by atoms with van der Waals surface area (Å²) < 4.78 is 6.89. The number of fused-ring (bicyclic) bond motifs is 1. The van der Waals surface area contributed by atoms with E-state index in [-0.39, 0.29) is 24.4 Å². The van der Waals surface area contributed by atoms with Gasteiger partial charge in [0.05, 0.1) is 36.2 Å². The standard InChI is InChI=1S/C24H28N8O3S/c1-14-6-7-18-17(9-26-29-18)21(14)27-23(34)19-10-25-24(36-19)28-22-15(2)11-31(30-22)12-20(33)32-8-4-5-16(32)13-35-3/h6-7,9-11,16H,4-5,8,12-13H2,1-3H3,(H,26,29)(H,27,34)(H,25,28,30)/t16-/m1/s1. The number of amides is 2. The summed E-state index contributed by atoms with van der Waals surface area (Å²) in [7, 11) is 1.66. The highest BCUT2D eigenvalue weighted by atomic mass is 32.1. The lowest BCUT2D eigenvalue weighted by molar-refractivity contribution is -0.133. The van der Waals surface area contributed by atoms with E-state index in [2.05, 4.69) is 30.9 Å². The van der Waals surface area contributed by atoms with E-state index in [1.807, 2.05) is 37.1 Å². The maximum atomic E-state index is 12.9. The van der Waals surface area contributed by atoms with Gasteiger partial charge in [-0.2, -0.15) is 10.2 Å². The molecule has 1 fully saturated rings.